The number of carboxylic acids is 1. The van der Waals surface area contributed by atoms with Crippen LogP contribution in [0.5, 0.6) is 0 Å². The van der Waals surface area contributed by atoms with Crippen LogP contribution in [-0.2, 0) is 24.7 Å². The quantitative estimate of drug-likeness (QED) is 0.161. The van der Waals surface area contributed by atoms with E-state index in [1.54, 1.807) is 19.9 Å². The monoisotopic (exact) mass is 775 g/mol. The van der Waals surface area contributed by atoms with E-state index in [9.17, 15) is 24.6 Å². The highest BCUT2D eigenvalue weighted by atomic mass is 35.5. The Kier molecular flexibility index (Phi) is 10.0. The zero-order chi connectivity index (χ0) is 40.1. The first-order valence-corrected chi connectivity index (χ1v) is 21.6. The number of aliphatic hydroxyl groups excluding tert-OH is 1. The summed E-state index contributed by atoms with van der Waals surface area (Å²) >= 11 is 6.16. The van der Waals surface area contributed by atoms with Crippen molar-refractivity contribution in [1.29, 1.82) is 0 Å². The fourth-order valence-electron chi connectivity index (χ4n) is 13.7. The molecule has 1 aromatic rings. The highest BCUT2D eigenvalue weighted by Gasteiger charge is 2.70. The van der Waals surface area contributed by atoms with Gasteiger partial charge in [-0.25, -0.2) is 0 Å². The van der Waals surface area contributed by atoms with Crippen molar-refractivity contribution in [2.45, 2.75) is 157 Å². The molecule has 9 unspecified atom stereocenters. The first kappa shape index (κ1) is 40.7. The van der Waals surface area contributed by atoms with Crippen LogP contribution in [0.3, 0.4) is 0 Å². The van der Waals surface area contributed by atoms with Crippen LogP contribution < -0.4 is 5.32 Å². The third kappa shape index (κ3) is 6.40. The molecule has 7 rings (SSSR count). The van der Waals surface area contributed by atoms with Gasteiger partial charge in [0, 0.05) is 23.3 Å². The highest BCUT2D eigenvalue weighted by Crippen LogP contribution is 2.77. The summed E-state index contributed by atoms with van der Waals surface area (Å²) in [5.74, 6) is 0.550. The molecule has 0 aromatic heterocycles. The maximum absolute atomic E-state index is 14.1. The van der Waals surface area contributed by atoms with E-state index >= 15 is 0 Å². The Hall–Kier alpha value is -2.48. The smallest absolute Gasteiger partial charge is 0.309 e. The van der Waals surface area contributed by atoms with Crippen LogP contribution in [-0.4, -0.2) is 40.3 Å². The topological polar surface area (TPSA) is 113 Å². The number of ether oxygens (including phenoxy) is 1. The zero-order valence-electron chi connectivity index (χ0n) is 34.8. The molecule has 0 heterocycles. The molecule has 302 valence electrons. The van der Waals surface area contributed by atoms with Gasteiger partial charge in [0.2, 0.25) is 5.91 Å². The second-order valence-electron chi connectivity index (χ2n) is 21.1. The molecule has 3 N–H and O–H groups in total. The van der Waals surface area contributed by atoms with Gasteiger partial charge in [-0.15, -0.1) is 0 Å². The minimum Gasteiger partial charge on any atom is -0.481 e. The van der Waals surface area contributed by atoms with Crippen LogP contribution in [0.25, 0.3) is 0 Å². The van der Waals surface area contributed by atoms with Crippen LogP contribution in [0.1, 0.15) is 145 Å². The van der Waals surface area contributed by atoms with Gasteiger partial charge >= 0.3 is 5.97 Å². The average Bonchev–Trinajstić information content (AvgIpc) is 3.80. The first-order valence-electron chi connectivity index (χ1n) is 21.2. The van der Waals surface area contributed by atoms with Crippen molar-refractivity contribution < 1.29 is 29.3 Å². The second-order valence-corrected chi connectivity index (χ2v) is 21.5. The number of allylic oxidation sites excluding steroid dienone is 3. The highest BCUT2D eigenvalue weighted by molar-refractivity contribution is 6.30. The SMILES string of the molecule is CC(C)C1=C2C3CCC4C5(C)CCC(OC(O)CC(C)(C)C(=O)O)C(C)(C)C5CCC4(C)C3(C)CCC2(C=CC(=O)NC2(c3ccc(Cl)cc3)CC2)CC1=O. The molecule has 0 radical (unpaired) electrons. The van der Waals surface area contributed by atoms with Gasteiger partial charge in [0.1, 0.15) is 0 Å². The molecule has 0 spiro atoms. The van der Waals surface area contributed by atoms with Crippen LogP contribution in [0.2, 0.25) is 5.02 Å². The van der Waals surface area contributed by atoms with Gasteiger partial charge in [-0.05, 0) is 158 Å². The number of fused-ring (bicyclic) bond motifs is 7. The lowest BCUT2D eigenvalue weighted by Gasteiger charge is -2.72. The summed E-state index contributed by atoms with van der Waals surface area (Å²) in [7, 11) is 0. The number of carbonyl (C=O) groups excluding carboxylic acids is 2. The molecule has 0 bridgehead atoms. The third-order valence-corrected chi connectivity index (χ3v) is 17.3. The molecule has 1 amide bonds. The summed E-state index contributed by atoms with van der Waals surface area (Å²) in [6.45, 7) is 19.9. The number of Topliss-reactive ketones (excluding diaryl/α,β-unsaturated/α-hetero) is 1. The number of hydrogen-bond donors (Lipinski definition) is 3. The molecule has 6 aliphatic carbocycles. The third-order valence-electron chi connectivity index (χ3n) is 17.1. The second kappa shape index (κ2) is 13.5. The molecule has 0 aliphatic heterocycles. The van der Waals surface area contributed by atoms with E-state index in [0.717, 1.165) is 75.3 Å². The van der Waals surface area contributed by atoms with Gasteiger partial charge in [0.05, 0.1) is 17.1 Å². The molecular formula is C47H66ClNO6. The summed E-state index contributed by atoms with van der Waals surface area (Å²) in [6.07, 6.45) is 13.0. The molecule has 55 heavy (non-hydrogen) atoms. The number of carboxylic acid groups (broad SMARTS) is 1. The van der Waals surface area contributed by atoms with Crippen LogP contribution >= 0.6 is 11.6 Å². The van der Waals surface area contributed by atoms with E-state index in [-0.39, 0.29) is 63.2 Å². The minimum absolute atomic E-state index is 0.00629. The fourth-order valence-corrected chi connectivity index (χ4v) is 13.9. The predicted octanol–water partition coefficient (Wildman–Crippen LogP) is 10.2. The van der Waals surface area contributed by atoms with E-state index < -0.39 is 23.1 Å². The Morgan fingerprint density at radius 1 is 0.927 bits per heavy atom. The van der Waals surface area contributed by atoms with Crippen LogP contribution in [0.4, 0.5) is 0 Å². The molecule has 5 saturated carbocycles. The fraction of sp³-hybridized carbons (Fsp3) is 0.723. The molecule has 7 nitrogen and oxygen atoms in total. The molecule has 1 aromatic carbocycles. The van der Waals surface area contributed by atoms with Gasteiger partial charge < -0.3 is 20.3 Å². The van der Waals surface area contributed by atoms with Crippen molar-refractivity contribution in [2.24, 2.45) is 56.2 Å². The van der Waals surface area contributed by atoms with E-state index in [2.05, 4.69) is 59.9 Å². The minimum atomic E-state index is -1.12. The number of ketones is 1. The van der Waals surface area contributed by atoms with Gasteiger partial charge in [-0.3, -0.25) is 14.4 Å². The number of hydrogen-bond acceptors (Lipinski definition) is 5. The van der Waals surface area contributed by atoms with Crippen molar-refractivity contribution in [3.63, 3.8) is 0 Å². The van der Waals surface area contributed by atoms with E-state index in [0.29, 0.717) is 23.3 Å². The maximum atomic E-state index is 14.1. The van der Waals surface area contributed by atoms with Gasteiger partial charge in [-0.2, -0.15) is 0 Å². The Labute approximate surface area is 334 Å². The number of aliphatic hydroxyl groups is 1. The molecule has 0 saturated heterocycles. The van der Waals surface area contributed by atoms with Crippen LogP contribution in [0.15, 0.2) is 47.6 Å². The van der Waals surface area contributed by atoms with Gasteiger partial charge in [0.25, 0.3) is 0 Å². The number of benzene rings is 1. The summed E-state index contributed by atoms with van der Waals surface area (Å²) < 4.78 is 6.37. The largest absolute Gasteiger partial charge is 0.481 e. The number of amides is 1. The van der Waals surface area contributed by atoms with E-state index in [1.807, 2.05) is 24.3 Å². The van der Waals surface area contributed by atoms with Crippen molar-refractivity contribution in [2.75, 3.05) is 0 Å². The lowest BCUT2D eigenvalue weighted by atomic mass is 9.33. The summed E-state index contributed by atoms with van der Waals surface area (Å²) in [5, 5.41) is 24.6. The van der Waals surface area contributed by atoms with Crippen molar-refractivity contribution >= 4 is 29.3 Å². The number of rotatable bonds is 10. The average molecular weight is 776 g/mol. The summed E-state index contributed by atoms with van der Waals surface area (Å²) in [6, 6.07) is 7.78. The lowest BCUT2D eigenvalue weighted by molar-refractivity contribution is -0.257. The summed E-state index contributed by atoms with van der Waals surface area (Å²) in [5.41, 5.74) is 1.58. The van der Waals surface area contributed by atoms with Crippen molar-refractivity contribution in [3.8, 4) is 0 Å². The van der Waals surface area contributed by atoms with Gasteiger partial charge in [-0.1, -0.05) is 78.3 Å². The van der Waals surface area contributed by atoms with E-state index in [4.69, 9.17) is 16.3 Å². The Balaban J connectivity index is 1.14. The molecule has 6 aliphatic rings. The molecule has 9 atom stereocenters. The van der Waals surface area contributed by atoms with E-state index in [1.165, 1.54) is 5.57 Å². The lowest BCUT2D eigenvalue weighted by Crippen LogP contribution is -2.65. The molecule has 5 fully saturated rings. The zero-order valence-corrected chi connectivity index (χ0v) is 35.6. The Bertz CT molecular complexity index is 1790. The number of nitrogens with one attached hydrogen (secondary N) is 1. The molecule has 8 heteroatoms. The Morgan fingerprint density at radius 3 is 2.22 bits per heavy atom. The van der Waals surface area contributed by atoms with Crippen LogP contribution in [0, 0.1) is 56.2 Å². The van der Waals surface area contributed by atoms with Gasteiger partial charge in [0.15, 0.2) is 12.1 Å². The number of halogens is 1. The van der Waals surface area contributed by atoms with Crippen molar-refractivity contribution in [1.82, 2.24) is 5.32 Å². The Morgan fingerprint density at radius 2 is 1.60 bits per heavy atom. The normalized spacial score (nSPS) is 38.2. The standard InChI is InChI=1S/C47H66ClNO6/c1-28(2)38-32(50)26-46(21-18-36(51)49-47(24-25-47)29-10-12-30(48)13-11-29)23-22-44(8)31(39(38)46)14-15-34-43(7)19-17-35(55-37(52)27-41(3,4)40(53)54)42(5,6)33(43)16-20-45(34,44)9/h10-13,18,21,28,31,33-35,37,52H,14-17,19-20,22-27H2,1-9H3,(H,49,51)(H,53,54). The predicted molar refractivity (Wildman–Crippen MR) is 216 cm³/mol. The van der Waals surface area contributed by atoms with Crippen molar-refractivity contribution in [3.05, 3.63) is 58.1 Å². The first-order chi connectivity index (χ1) is 25.6. The maximum Gasteiger partial charge on any atom is 0.309 e. The number of aliphatic carboxylic acids is 1. The number of carbonyl (C=O) groups is 3. The molecular weight excluding hydrogens is 710 g/mol. The summed E-state index contributed by atoms with van der Waals surface area (Å²) in [4.78, 5) is 39.6.